The molecule has 1 heterocycles. The van der Waals surface area contributed by atoms with E-state index in [4.69, 9.17) is 0 Å². The maximum atomic E-state index is 13.9. The Bertz CT molecular complexity index is 854. The monoisotopic (exact) mass is 342 g/mol. The lowest BCUT2D eigenvalue weighted by Gasteiger charge is -2.19. The molecule has 24 heavy (non-hydrogen) atoms. The molecule has 0 radical (unpaired) electrons. The summed E-state index contributed by atoms with van der Waals surface area (Å²) in [5, 5.41) is 4.19. The van der Waals surface area contributed by atoms with Crippen LogP contribution < -0.4 is 5.32 Å². The largest absolute Gasteiger partial charge is 0.305 e. The van der Waals surface area contributed by atoms with Gasteiger partial charge in [0.2, 0.25) is 0 Å². The van der Waals surface area contributed by atoms with E-state index in [9.17, 15) is 8.60 Å². The fraction of sp³-hybridized carbons (Fsp3) is 0.211. The Kier molecular flexibility index (Phi) is 5.33. The summed E-state index contributed by atoms with van der Waals surface area (Å²) in [6.45, 7) is 0.460. The van der Waals surface area contributed by atoms with Crippen molar-refractivity contribution >= 4 is 21.7 Å². The predicted octanol–water partition coefficient (Wildman–Crippen LogP) is 3.58. The molecule has 0 bridgehead atoms. The lowest BCUT2D eigenvalue weighted by molar-refractivity contribution is 0.571. The van der Waals surface area contributed by atoms with Crippen molar-refractivity contribution in [3.05, 3.63) is 77.7 Å². The second kappa shape index (κ2) is 7.64. The predicted molar refractivity (Wildman–Crippen MR) is 96.7 cm³/mol. The summed E-state index contributed by atoms with van der Waals surface area (Å²) in [4.78, 5) is 4.37. The van der Waals surface area contributed by atoms with Gasteiger partial charge in [-0.1, -0.05) is 36.4 Å². The van der Waals surface area contributed by atoms with Crippen molar-refractivity contribution in [1.29, 1.82) is 0 Å². The summed E-state index contributed by atoms with van der Waals surface area (Å²) >= 11 is 0. The molecule has 0 aliphatic rings. The van der Waals surface area contributed by atoms with Crippen LogP contribution in [0.25, 0.3) is 10.9 Å². The van der Waals surface area contributed by atoms with E-state index in [1.165, 1.54) is 12.1 Å². The minimum atomic E-state index is -0.938. The molecule has 0 amide bonds. The van der Waals surface area contributed by atoms with E-state index in [1.54, 1.807) is 18.5 Å². The fourth-order valence-corrected chi connectivity index (χ4v) is 3.57. The molecule has 0 saturated heterocycles. The van der Waals surface area contributed by atoms with Gasteiger partial charge in [0.1, 0.15) is 5.82 Å². The first kappa shape index (κ1) is 16.7. The molecule has 2 unspecified atom stereocenters. The fourth-order valence-electron chi connectivity index (χ4n) is 2.79. The zero-order chi connectivity index (χ0) is 16.9. The molecule has 3 nitrogen and oxygen atoms in total. The molecule has 2 aromatic carbocycles. The molecular formula is C19H19FN2OS. The van der Waals surface area contributed by atoms with E-state index in [0.717, 1.165) is 22.0 Å². The van der Waals surface area contributed by atoms with E-state index in [0.29, 0.717) is 12.3 Å². The Labute approximate surface area is 143 Å². The summed E-state index contributed by atoms with van der Waals surface area (Å²) in [5.74, 6) is 0.229. The topological polar surface area (TPSA) is 42.0 Å². The van der Waals surface area contributed by atoms with Crippen LogP contribution in [0.15, 0.2) is 60.8 Å². The highest BCUT2D eigenvalue weighted by Crippen LogP contribution is 2.20. The third-order valence-corrected chi connectivity index (χ3v) is 4.69. The first-order valence-corrected chi connectivity index (χ1v) is 9.47. The van der Waals surface area contributed by atoms with Crippen LogP contribution in [-0.4, -0.2) is 21.2 Å². The third-order valence-electron chi connectivity index (χ3n) is 3.89. The van der Waals surface area contributed by atoms with Gasteiger partial charge in [0.15, 0.2) is 0 Å². The van der Waals surface area contributed by atoms with Gasteiger partial charge >= 0.3 is 0 Å². The van der Waals surface area contributed by atoms with Crippen LogP contribution in [0.1, 0.15) is 17.2 Å². The van der Waals surface area contributed by atoms with Crippen molar-refractivity contribution in [2.24, 2.45) is 0 Å². The Morgan fingerprint density at radius 1 is 1.17 bits per heavy atom. The number of rotatable bonds is 6. The van der Waals surface area contributed by atoms with E-state index >= 15 is 0 Å². The van der Waals surface area contributed by atoms with Crippen LogP contribution >= 0.6 is 0 Å². The lowest BCUT2D eigenvalue weighted by atomic mass is 10.1. The molecule has 2 atom stereocenters. The molecule has 124 valence electrons. The van der Waals surface area contributed by atoms with E-state index in [1.807, 2.05) is 36.4 Å². The van der Waals surface area contributed by atoms with Crippen molar-refractivity contribution in [3.63, 3.8) is 0 Å². The van der Waals surface area contributed by atoms with Crippen LogP contribution in [0.3, 0.4) is 0 Å². The van der Waals surface area contributed by atoms with Crippen LogP contribution in [-0.2, 0) is 17.3 Å². The summed E-state index contributed by atoms with van der Waals surface area (Å²) in [6.07, 6.45) is 3.40. The van der Waals surface area contributed by atoms with Crippen LogP contribution in [0.4, 0.5) is 4.39 Å². The Morgan fingerprint density at radius 3 is 2.71 bits per heavy atom. The standard InChI is InChI=1S/C19H19FN2OS/c1-24(23)13-18(14-6-3-2-4-7-14)22-12-16-11-17(20)10-15-8-5-9-21-19(15)16/h2-11,18,22H,12-13H2,1H3. The number of nitrogens with zero attached hydrogens (tertiary/aromatic N) is 1. The molecule has 1 aromatic heterocycles. The minimum absolute atomic E-state index is 0.0564. The van der Waals surface area contributed by atoms with Gasteiger partial charge < -0.3 is 5.32 Å². The highest BCUT2D eigenvalue weighted by molar-refractivity contribution is 7.84. The normalized spacial score (nSPS) is 13.8. The maximum Gasteiger partial charge on any atom is 0.124 e. The number of benzene rings is 2. The number of fused-ring (bicyclic) bond motifs is 1. The summed E-state index contributed by atoms with van der Waals surface area (Å²) in [5.41, 5.74) is 2.66. The molecule has 0 spiro atoms. The second-order valence-corrected chi connectivity index (χ2v) is 7.20. The zero-order valence-corrected chi connectivity index (χ0v) is 14.2. The van der Waals surface area contributed by atoms with Crippen molar-refractivity contribution in [1.82, 2.24) is 10.3 Å². The molecule has 3 rings (SSSR count). The number of hydrogen-bond donors (Lipinski definition) is 1. The quantitative estimate of drug-likeness (QED) is 0.744. The Balaban J connectivity index is 1.86. The van der Waals surface area contributed by atoms with Crippen LogP contribution in [0.5, 0.6) is 0 Å². The highest BCUT2D eigenvalue weighted by atomic mass is 32.2. The molecular weight excluding hydrogens is 323 g/mol. The third kappa shape index (κ3) is 4.04. The van der Waals surface area contributed by atoms with Crippen LogP contribution in [0.2, 0.25) is 0 Å². The maximum absolute atomic E-state index is 13.9. The van der Waals surface area contributed by atoms with E-state index < -0.39 is 10.8 Å². The van der Waals surface area contributed by atoms with Crippen molar-refractivity contribution < 1.29 is 8.60 Å². The number of nitrogens with one attached hydrogen (secondary N) is 1. The number of pyridine rings is 1. The van der Waals surface area contributed by atoms with E-state index in [-0.39, 0.29) is 11.9 Å². The van der Waals surface area contributed by atoms with Gasteiger partial charge in [0.05, 0.1) is 5.52 Å². The van der Waals surface area contributed by atoms with E-state index in [2.05, 4.69) is 10.3 Å². The average Bonchev–Trinajstić information content (AvgIpc) is 2.58. The van der Waals surface area contributed by atoms with Crippen LogP contribution in [0, 0.1) is 5.82 Å². The number of hydrogen-bond acceptors (Lipinski definition) is 3. The van der Waals surface area contributed by atoms with Gasteiger partial charge in [-0.25, -0.2) is 4.39 Å². The molecule has 0 aliphatic carbocycles. The summed E-state index contributed by atoms with van der Waals surface area (Å²) < 4.78 is 25.6. The zero-order valence-electron chi connectivity index (χ0n) is 13.4. The van der Waals surface area contributed by atoms with Gasteiger partial charge in [-0.15, -0.1) is 0 Å². The van der Waals surface area contributed by atoms with Gasteiger partial charge in [-0.3, -0.25) is 9.19 Å². The summed E-state index contributed by atoms with van der Waals surface area (Å²) in [6, 6.07) is 16.5. The highest BCUT2D eigenvalue weighted by Gasteiger charge is 2.14. The van der Waals surface area contributed by atoms with Gasteiger partial charge in [-0.05, 0) is 29.3 Å². The second-order valence-electron chi connectivity index (χ2n) is 5.72. The van der Waals surface area contributed by atoms with Crippen molar-refractivity contribution in [3.8, 4) is 0 Å². The Morgan fingerprint density at radius 2 is 1.96 bits per heavy atom. The van der Waals surface area contributed by atoms with Crippen molar-refractivity contribution in [2.75, 3.05) is 12.0 Å². The first-order chi connectivity index (χ1) is 11.6. The van der Waals surface area contributed by atoms with Gasteiger partial charge in [0, 0.05) is 47.0 Å². The molecule has 5 heteroatoms. The molecule has 1 N–H and O–H groups in total. The smallest absolute Gasteiger partial charge is 0.124 e. The first-order valence-electron chi connectivity index (χ1n) is 7.75. The molecule has 0 fully saturated rings. The number of aromatic nitrogens is 1. The van der Waals surface area contributed by atoms with Crippen molar-refractivity contribution in [2.45, 2.75) is 12.6 Å². The summed E-state index contributed by atoms with van der Waals surface area (Å²) in [7, 11) is -0.938. The average molecular weight is 342 g/mol. The molecule has 3 aromatic rings. The molecule has 0 saturated carbocycles. The SMILES string of the molecule is CS(=O)CC(NCc1cc(F)cc2cccnc12)c1ccccc1. The van der Waals surface area contributed by atoms with Gasteiger partial charge in [0.25, 0.3) is 0 Å². The number of halogens is 1. The van der Waals surface area contributed by atoms with Gasteiger partial charge in [-0.2, -0.15) is 0 Å². The lowest BCUT2D eigenvalue weighted by Crippen LogP contribution is -2.26. The minimum Gasteiger partial charge on any atom is -0.305 e. The Hall–Kier alpha value is -2.11. The molecule has 0 aliphatic heterocycles.